The van der Waals surface area contributed by atoms with Crippen molar-refractivity contribution in [2.45, 2.75) is 4.33 Å². The van der Waals surface area contributed by atoms with E-state index in [9.17, 15) is 14.4 Å². The standard InChI is InChI=1S/C13H9Cl2NO4/c14-13(15)8(9(13)12(19)20)5-16-10(17)6-3-1-2-4-7(6)11(16)18/h1-4,8-9H,5H2,(H,19,20). The average Bonchev–Trinajstić information content (AvgIpc) is 2.86. The van der Waals surface area contributed by atoms with Gasteiger partial charge in [-0.3, -0.25) is 19.3 Å². The largest absolute Gasteiger partial charge is 0.481 e. The van der Waals surface area contributed by atoms with E-state index in [4.69, 9.17) is 28.3 Å². The smallest absolute Gasteiger partial charge is 0.310 e. The lowest BCUT2D eigenvalue weighted by Crippen LogP contribution is -2.32. The van der Waals surface area contributed by atoms with Crippen molar-refractivity contribution < 1.29 is 19.5 Å². The maximum Gasteiger partial charge on any atom is 0.310 e. The molecule has 7 heteroatoms. The summed E-state index contributed by atoms with van der Waals surface area (Å²) in [6, 6.07) is 6.45. The third kappa shape index (κ3) is 1.73. The molecule has 0 spiro atoms. The zero-order chi connectivity index (χ0) is 14.7. The molecule has 2 unspecified atom stereocenters. The van der Waals surface area contributed by atoms with Crippen LogP contribution in [0, 0.1) is 11.8 Å². The molecule has 0 saturated heterocycles. The molecule has 2 aliphatic rings. The maximum absolute atomic E-state index is 12.1. The van der Waals surface area contributed by atoms with Crippen molar-refractivity contribution in [1.82, 2.24) is 4.90 Å². The first-order valence-electron chi connectivity index (χ1n) is 5.91. The normalized spacial score (nSPS) is 26.6. The quantitative estimate of drug-likeness (QED) is 0.682. The predicted octanol–water partition coefficient (Wildman–Crippen LogP) is 1.79. The number of carbonyl (C=O) groups excluding carboxylic acids is 2. The van der Waals surface area contributed by atoms with E-state index in [1.54, 1.807) is 24.3 Å². The topological polar surface area (TPSA) is 74.7 Å². The van der Waals surface area contributed by atoms with Crippen molar-refractivity contribution in [3.63, 3.8) is 0 Å². The van der Waals surface area contributed by atoms with Gasteiger partial charge in [0, 0.05) is 12.5 Å². The fourth-order valence-electron chi connectivity index (χ4n) is 2.56. The number of hydrogen-bond donors (Lipinski definition) is 1. The molecule has 0 bridgehead atoms. The maximum atomic E-state index is 12.1. The fourth-order valence-corrected chi connectivity index (χ4v) is 3.31. The number of amides is 2. The van der Waals surface area contributed by atoms with Crippen molar-refractivity contribution in [3.05, 3.63) is 35.4 Å². The van der Waals surface area contributed by atoms with E-state index < -0.39 is 34.0 Å². The lowest BCUT2D eigenvalue weighted by atomic mass is 10.1. The van der Waals surface area contributed by atoms with Crippen LogP contribution in [0.5, 0.6) is 0 Å². The second-order valence-corrected chi connectivity index (χ2v) is 6.31. The van der Waals surface area contributed by atoms with Gasteiger partial charge in [0.25, 0.3) is 11.8 Å². The lowest BCUT2D eigenvalue weighted by molar-refractivity contribution is -0.138. The number of carbonyl (C=O) groups is 3. The van der Waals surface area contributed by atoms with Gasteiger partial charge in [-0.15, -0.1) is 23.2 Å². The monoisotopic (exact) mass is 313 g/mol. The van der Waals surface area contributed by atoms with E-state index in [1.165, 1.54) is 0 Å². The van der Waals surface area contributed by atoms with Gasteiger partial charge >= 0.3 is 5.97 Å². The van der Waals surface area contributed by atoms with Crippen LogP contribution in [-0.4, -0.2) is 38.7 Å². The van der Waals surface area contributed by atoms with Crippen molar-refractivity contribution in [1.29, 1.82) is 0 Å². The number of carboxylic acid groups (broad SMARTS) is 1. The Bertz CT molecular complexity index is 608. The van der Waals surface area contributed by atoms with Crippen molar-refractivity contribution in [3.8, 4) is 0 Å². The Morgan fingerprint density at radius 3 is 2.10 bits per heavy atom. The highest BCUT2D eigenvalue weighted by Gasteiger charge is 2.68. The molecule has 5 nitrogen and oxygen atoms in total. The zero-order valence-corrected chi connectivity index (χ0v) is 11.6. The number of rotatable bonds is 3. The first-order chi connectivity index (χ1) is 9.35. The Morgan fingerprint density at radius 1 is 1.20 bits per heavy atom. The molecular weight excluding hydrogens is 305 g/mol. The van der Waals surface area contributed by atoms with Gasteiger partial charge in [-0.05, 0) is 12.1 Å². The van der Waals surface area contributed by atoms with Crippen LogP contribution in [0.15, 0.2) is 24.3 Å². The Hall–Kier alpha value is -1.59. The Balaban J connectivity index is 1.83. The van der Waals surface area contributed by atoms with Gasteiger partial charge in [0.2, 0.25) is 0 Å². The number of halogens is 2. The number of alkyl halides is 2. The summed E-state index contributed by atoms with van der Waals surface area (Å²) >= 11 is 11.8. The highest BCUT2D eigenvalue weighted by molar-refractivity contribution is 6.52. The zero-order valence-electron chi connectivity index (χ0n) is 10.0. The van der Waals surface area contributed by atoms with Gasteiger partial charge < -0.3 is 5.11 Å². The number of carboxylic acids is 1. The molecule has 1 fully saturated rings. The van der Waals surface area contributed by atoms with E-state index >= 15 is 0 Å². The molecule has 20 heavy (non-hydrogen) atoms. The van der Waals surface area contributed by atoms with Gasteiger partial charge in [-0.2, -0.15) is 0 Å². The van der Waals surface area contributed by atoms with E-state index in [2.05, 4.69) is 0 Å². The molecule has 3 rings (SSSR count). The summed E-state index contributed by atoms with van der Waals surface area (Å²) in [6.45, 7) is -0.0870. The minimum absolute atomic E-state index is 0.0870. The van der Waals surface area contributed by atoms with Gasteiger partial charge in [0.05, 0.1) is 17.0 Å². The second-order valence-electron chi connectivity index (χ2n) is 4.86. The number of nitrogens with zero attached hydrogens (tertiary/aromatic N) is 1. The third-order valence-corrected chi connectivity index (χ3v) is 4.76. The molecule has 2 amide bonds. The van der Waals surface area contributed by atoms with Crippen LogP contribution in [-0.2, 0) is 4.79 Å². The lowest BCUT2D eigenvalue weighted by Gasteiger charge is -2.13. The molecule has 1 N–H and O–H groups in total. The number of aliphatic carboxylic acids is 1. The Kier molecular flexibility index (Phi) is 2.81. The van der Waals surface area contributed by atoms with Crippen LogP contribution < -0.4 is 0 Å². The summed E-state index contributed by atoms with van der Waals surface area (Å²) in [5.41, 5.74) is 0.638. The number of imide groups is 1. The minimum Gasteiger partial charge on any atom is -0.481 e. The van der Waals surface area contributed by atoms with Crippen LogP contribution in [0.2, 0.25) is 0 Å². The van der Waals surface area contributed by atoms with E-state index in [0.29, 0.717) is 11.1 Å². The van der Waals surface area contributed by atoms with E-state index in [0.717, 1.165) is 4.90 Å². The minimum atomic E-state index is -1.43. The third-order valence-electron chi connectivity index (χ3n) is 3.73. The first-order valence-corrected chi connectivity index (χ1v) is 6.67. The average molecular weight is 314 g/mol. The molecule has 1 aromatic carbocycles. The molecule has 104 valence electrons. The van der Waals surface area contributed by atoms with Crippen LogP contribution in [0.25, 0.3) is 0 Å². The van der Waals surface area contributed by atoms with E-state index in [-0.39, 0.29) is 6.54 Å². The van der Waals surface area contributed by atoms with Crippen LogP contribution >= 0.6 is 23.2 Å². The Morgan fingerprint density at radius 2 is 1.70 bits per heavy atom. The summed E-state index contributed by atoms with van der Waals surface area (Å²) in [7, 11) is 0. The molecule has 0 aromatic heterocycles. The van der Waals surface area contributed by atoms with Gasteiger partial charge in [0.1, 0.15) is 4.33 Å². The molecular formula is C13H9Cl2NO4. The van der Waals surface area contributed by atoms with Gasteiger partial charge in [0.15, 0.2) is 0 Å². The van der Waals surface area contributed by atoms with Crippen molar-refractivity contribution in [2.24, 2.45) is 11.8 Å². The molecule has 1 aliphatic carbocycles. The SMILES string of the molecule is O=C(O)C1C(CN2C(=O)c3ccccc3C2=O)C1(Cl)Cl. The highest BCUT2D eigenvalue weighted by atomic mass is 35.5. The summed E-state index contributed by atoms with van der Waals surface area (Å²) < 4.78 is -1.43. The molecule has 1 aliphatic heterocycles. The second kappa shape index (κ2) is 4.20. The summed E-state index contributed by atoms with van der Waals surface area (Å²) in [6.07, 6.45) is 0. The summed E-state index contributed by atoms with van der Waals surface area (Å²) in [5.74, 6) is -3.62. The molecule has 0 radical (unpaired) electrons. The molecule has 1 aromatic rings. The molecule has 1 heterocycles. The summed E-state index contributed by atoms with van der Waals surface area (Å²) in [4.78, 5) is 36.3. The molecule has 2 atom stereocenters. The fraction of sp³-hybridized carbons (Fsp3) is 0.308. The number of hydrogen-bond acceptors (Lipinski definition) is 3. The van der Waals surface area contributed by atoms with E-state index in [1.807, 2.05) is 0 Å². The van der Waals surface area contributed by atoms with Crippen LogP contribution in [0.3, 0.4) is 0 Å². The molecule has 1 saturated carbocycles. The van der Waals surface area contributed by atoms with Gasteiger partial charge in [-0.1, -0.05) is 12.1 Å². The number of fused-ring (bicyclic) bond motifs is 1. The summed E-state index contributed by atoms with van der Waals surface area (Å²) in [5, 5.41) is 8.98. The van der Waals surface area contributed by atoms with Crippen LogP contribution in [0.4, 0.5) is 0 Å². The predicted molar refractivity (Wildman–Crippen MR) is 70.9 cm³/mol. The van der Waals surface area contributed by atoms with Gasteiger partial charge in [-0.25, -0.2) is 0 Å². The first kappa shape index (κ1) is 13.4. The van der Waals surface area contributed by atoms with Crippen LogP contribution in [0.1, 0.15) is 20.7 Å². The Labute approximate surface area is 124 Å². The van der Waals surface area contributed by atoms with Crippen molar-refractivity contribution in [2.75, 3.05) is 6.54 Å². The van der Waals surface area contributed by atoms with Crippen molar-refractivity contribution >= 4 is 41.0 Å². The number of benzene rings is 1. The highest BCUT2D eigenvalue weighted by Crippen LogP contribution is 2.59.